The second-order valence-corrected chi connectivity index (χ2v) is 5.84. The number of benzene rings is 1. The van der Waals surface area contributed by atoms with Gasteiger partial charge in [0.1, 0.15) is 17.4 Å². The first-order valence-electron chi connectivity index (χ1n) is 7.13. The minimum Gasteiger partial charge on any atom is -0.550 e. The summed E-state index contributed by atoms with van der Waals surface area (Å²) in [6.45, 7) is 5.02. The first-order valence-corrected chi connectivity index (χ1v) is 7.13. The summed E-state index contributed by atoms with van der Waals surface area (Å²) in [5, 5.41) is 12.9. The maximum absolute atomic E-state index is 12.1. The Morgan fingerprint density at radius 1 is 1.17 bits per heavy atom. The number of amides is 1. The number of esters is 1. The van der Waals surface area contributed by atoms with Gasteiger partial charge in [-0.25, -0.2) is 9.59 Å². The van der Waals surface area contributed by atoms with Crippen molar-refractivity contribution in [3.63, 3.8) is 0 Å². The monoisotopic (exact) mass is 322 g/mol. The summed E-state index contributed by atoms with van der Waals surface area (Å²) in [5.41, 5.74) is -0.744. The van der Waals surface area contributed by atoms with Gasteiger partial charge in [0.15, 0.2) is 0 Å². The van der Waals surface area contributed by atoms with E-state index in [1.165, 1.54) is 0 Å². The van der Waals surface area contributed by atoms with Gasteiger partial charge in [0.05, 0.1) is 0 Å². The molecule has 0 saturated carbocycles. The fourth-order valence-electron chi connectivity index (χ4n) is 1.64. The molecule has 0 fully saturated rings. The Bertz CT molecular complexity index is 549. The van der Waals surface area contributed by atoms with Gasteiger partial charge in [0.25, 0.3) is 0 Å². The molecule has 1 atom stereocenters. The summed E-state index contributed by atoms with van der Waals surface area (Å²) in [5.74, 6) is -1.81. The van der Waals surface area contributed by atoms with E-state index in [1.807, 2.05) is 0 Å². The molecule has 0 aliphatic rings. The van der Waals surface area contributed by atoms with Gasteiger partial charge in [-0.15, -0.1) is 0 Å². The normalized spacial score (nSPS) is 12.1. The summed E-state index contributed by atoms with van der Waals surface area (Å²) in [4.78, 5) is 34.5. The molecule has 7 nitrogen and oxygen atoms in total. The molecule has 1 rings (SSSR count). The van der Waals surface area contributed by atoms with Crippen molar-refractivity contribution in [1.29, 1.82) is 0 Å². The van der Waals surface area contributed by atoms with Crippen molar-refractivity contribution in [3.05, 3.63) is 30.3 Å². The van der Waals surface area contributed by atoms with Crippen molar-refractivity contribution < 1.29 is 29.0 Å². The first-order chi connectivity index (χ1) is 10.7. The number of aliphatic carboxylic acids is 1. The molecule has 0 heterocycles. The number of alkyl carbamates (subject to hydrolysis) is 1. The van der Waals surface area contributed by atoms with Gasteiger partial charge >= 0.3 is 12.1 Å². The number of carbonyl (C=O) groups is 3. The molecule has 1 aromatic carbocycles. The van der Waals surface area contributed by atoms with Crippen LogP contribution < -0.4 is 15.2 Å². The number of rotatable bonds is 6. The standard InChI is InChI=1S/C16H21NO6/c1-16(2,3)23-15(21)17-12(9-10-13(18)19)14(20)22-11-7-5-4-6-8-11/h4-8,12H,9-10H2,1-3H3,(H,17,21)(H,18,19)/p-1/t12-/m0/s1. The average Bonchev–Trinajstić information content (AvgIpc) is 2.42. The van der Waals surface area contributed by atoms with E-state index < -0.39 is 36.1 Å². The molecule has 1 aromatic rings. The van der Waals surface area contributed by atoms with Gasteiger partial charge in [0, 0.05) is 5.97 Å². The molecule has 0 saturated heterocycles. The van der Waals surface area contributed by atoms with Gasteiger partial charge in [-0.1, -0.05) is 18.2 Å². The van der Waals surface area contributed by atoms with E-state index in [0.29, 0.717) is 5.75 Å². The molecule has 1 N–H and O–H groups in total. The smallest absolute Gasteiger partial charge is 0.408 e. The quantitative estimate of drug-likeness (QED) is 0.619. The topological polar surface area (TPSA) is 105 Å². The highest BCUT2D eigenvalue weighted by Gasteiger charge is 2.25. The predicted molar refractivity (Wildman–Crippen MR) is 79.5 cm³/mol. The van der Waals surface area contributed by atoms with Crippen LogP contribution in [-0.4, -0.2) is 29.7 Å². The second kappa shape index (κ2) is 8.17. The van der Waals surface area contributed by atoms with Crippen molar-refractivity contribution >= 4 is 18.0 Å². The predicted octanol–water partition coefficient (Wildman–Crippen LogP) is 1.02. The van der Waals surface area contributed by atoms with Gasteiger partial charge in [-0.05, 0) is 45.7 Å². The van der Waals surface area contributed by atoms with E-state index in [9.17, 15) is 19.5 Å². The molecule has 126 valence electrons. The molecular weight excluding hydrogens is 302 g/mol. The minimum atomic E-state index is -1.33. The van der Waals surface area contributed by atoms with Crippen LogP contribution in [0.4, 0.5) is 4.79 Å². The summed E-state index contributed by atoms with van der Waals surface area (Å²) >= 11 is 0. The van der Waals surface area contributed by atoms with E-state index in [2.05, 4.69) is 5.32 Å². The molecular formula is C16H20NO6-. The highest BCUT2D eigenvalue weighted by Crippen LogP contribution is 2.12. The molecule has 0 radical (unpaired) electrons. The zero-order chi connectivity index (χ0) is 17.5. The number of ether oxygens (including phenoxy) is 2. The molecule has 0 aliphatic heterocycles. The fourth-order valence-corrected chi connectivity index (χ4v) is 1.64. The van der Waals surface area contributed by atoms with Crippen LogP contribution in [0.2, 0.25) is 0 Å². The summed E-state index contributed by atoms with van der Waals surface area (Å²) < 4.78 is 10.2. The molecule has 23 heavy (non-hydrogen) atoms. The highest BCUT2D eigenvalue weighted by molar-refractivity contribution is 5.83. The van der Waals surface area contributed by atoms with Crippen molar-refractivity contribution in [1.82, 2.24) is 5.32 Å². The number of nitrogens with one attached hydrogen (secondary N) is 1. The summed E-state index contributed by atoms with van der Waals surface area (Å²) in [6.07, 6.45) is -1.39. The van der Waals surface area contributed by atoms with Crippen LogP contribution in [-0.2, 0) is 14.3 Å². The number of hydrogen-bond acceptors (Lipinski definition) is 6. The van der Waals surface area contributed by atoms with Crippen molar-refractivity contribution in [2.24, 2.45) is 0 Å². The zero-order valence-electron chi connectivity index (χ0n) is 13.3. The lowest BCUT2D eigenvalue weighted by Crippen LogP contribution is -2.45. The van der Waals surface area contributed by atoms with Gasteiger partial charge in [0.2, 0.25) is 0 Å². The second-order valence-electron chi connectivity index (χ2n) is 5.84. The van der Waals surface area contributed by atoms with E-state index in [0.717, 1.165) is 0 Å². The summed E-state index contributed by atoms with van der Waals surface area (Å²) in [6, 6.07) is 7.11. The van der Waals surface area contributed by atoms with Crippen LogP contribution >= 0.6 is 0 Å². The molecule has 0 aromatic heterocycles. The van der Waals surface area contributed by atoms with E-state index in [-0.39, 0.29) is 6.42 Å². The van der Waals surface area contributed by atoms with Gasteiger partial charge in [-0.3, -0.25) is 0 Å². The minimum absolute atomic E-state index is 0.159. The molecule has 0 aliphatic carbocycles. The van der Waals surface area contributed by atoms with Crippen LogP contribution in [0.1, 0.15) is 33.6 Å². The largest absolute Gasteiger partial charge is 0.550 e. The Morgan fingerprint density at radius 2 is 1.78 bits per heavy atom. The average molecular weight is 322 g/mol. The van der Waals surface area contributed by atoms with Crippen molar-refractivity contribution in [2.45, 2.75) is 45.3 Å². The summed E-state index contributed by atoms with van der Waals surface area (Å²) in [7, 11) is 0. The van der Waals surface area contributed by atoms with Crippen molar-refractivity contribution in [2.75, 3.05) is 0 Å². The number of carbonyl (C=O) groups excluding carboxylic acids is 3. The maximum atomic E-state index is 12.1. The third-order valence-electron chi connectivity index (χ3n) is 2.57. The number of carboxylic acids is 1. The Labute approximate surface area is 134 Å². The number of hydrogen-bond donors (Lipinski definition) is 1. The fraction of sp³-hybridized carbons (Fsp3) is 0.438. The highest BCUT2D eigenvalue weighted by atomic mass is 16.6. The third kappa shape index (κ3) is 7.85. The first kappa shape index (κ1) is 18.5. The number of carboxylic acid groups (broad SMARTS) is 1. The SMILES string of the molecule is CC(C)(C)OC(=O)N[C@@H](CCC(=O)[O-])C(=O)Oc1ccccc1. The van der Waals surface area contributed by atoms with Crippen LogP contribution in [0, 0.1) is 0 Å². The van der Waals surface area contributed by atoms with Crippen LogP contribution in [0.3, 0.4) is 0 Å². The van der Waals surface area contributed by atoms with Crippen molar-refractivity contribution in [3.8, 4) is 5.75 Å². The Morgan fingerprint density at radius 3 is 2.30 bits per heavy atom. The maximum Gasteiger partial charge on any atom is 0.408 e. The van der Waals surface area contributed by atoms with E-state index >= 15 is 0 Å². The molecule has 0 unspecified atom stereocenters. The Hall–Kier alpha value is -2.57. The lowest BCUT2D eigenvalue weighted by atomic mass is 10.1. The van der Waals surface area contributed by atoms with Crippen LogP contribution in [0.25, 0.3) is 0 Å². The van der Waals surface area contributed by atoms with Gasteiger partial charge < -0.3 is 24.7 Å². The van der Waals surface area contributed by atoms with Gasteiger partial charge in [-0.2, -0.15) is 0 Å². The lowest BCUT2D eigenvalue weighted by Gasteiger charge is -2.23. The Kier molecular flexibility index (Phi) is 6.56. The molecule has 0 spiro atoms. The Balaban J connectivity index is 2.72. The third-order valence-corrected chi connectivity index (χ3v) is 2.57. The van der Waals surface area contributed by atoms with Crippen LogP contribution in [0.15, 0.2) is 30.3 Å². The number of para-hydroxylation sites is 1. The van der Waals surface area contributed by atoms with E-state index in [1.54, 1.807) is 51.1 Å². The van der Waals surface area contributed by atoms with Crippen LogP contribution in [0.5, 0.6) is 5.75 Å². The molecule has 1 amide bonds. The zero-order valence-corrected chi connectivity index (χ0v) is 13.3. The lowest BCUT2D eigenvalue weighted by molar-refractivity contribution is -0.305. The van der Waals surface area contributed by atoms with E-state index in [4.69, 9.17) is 9.47 Å². The molecule has 7 heteroatoms. The molecule has 0 bridgehead atoms.